The van der Waals surface area contributed by atoms with E-state index in [0.29, 0.717) is 18.7 Å². The maximum absolute atomic E-state index is 12.2. The van der Waals surface area contributed by atoms with E-state index in [2.05, 4.69) is 10.1 Å². The molecule has 25 heavy (non-hydrogen) atoms. The number of amides is 1. The lowest BCUT2D eigenvalue weighted by Gasteiger charge is -2.17. The Kier molecular flexibility index (Phi) is 5.61. The molecule has 136 valence electrons. The second-order valence-corrected chi connectivity index (χ2v) is 6.09. The number of nitrogens with zero attached hydrogens (tertiary/aromatic N) is 4. The van der Waals surface area contributed by atoms with Crippen molar-refractivity contribution in [2.75, 3.05) is 20.7 Å². The Balaban J connectivity index is 2.21. The van der Waals surface area contributed by atoms with Gasteiger partial charge in [-0.3, -0.25) is 9.59 Å². The van der Waals surface area contributed by atoms with Crippen LogP contribution in [0, 0.1) is 13.8 Å². The SMILES string of the molecule is COc1nn(C)c2nc(C)c(CCC(=O)N(C)CCC(=O)O)c(C)c12. The molecule has 0 aliphatic heterocycles. The maximum atomic E-state index is 12.2. The van der Waals surface area contributed by atoms with Crippen molar-refractivity contribution in [3.8, 4) is 5.88 Å². The fourth-order valence-corrected chi connectivity index (χ4v) is 2.92. The molecule has 0 atom stereocenters. The summed E-state index contributed by atoms with van der Waals surface area (Å²) in [4.78, 5) is 28.9. The van der Waals surface area contributed by atoms with Crippen molar-refractivity contribution in [1.29, 1.82) is 0 Å². The van der Waals surface area contributed by atoms with Gasteiger partial charge in [0, 0.05) is 32.8 Å². The van der Waals surface area contributed by atoms with Crippen LogP contribution in [0.15, 0.2) is 0 Å². The van der Waals surface area contributed by atoms with Gasteiger partial charge in [0.25, 0.3) is 0 Å². The molecule has 0 unspecified atom stereocenters. The van der Waals surface area contributed by atoms with Gasteiger partial charge in [0.05, 0.1) is 18.9 Å². The molecule has 0 aliphatic carbocycles. The Morgan fingerprint density at radius 2 is 1.96 bits per heavy atom. The number of rotatable bonds is 7. The molecule has 0 spiro atoms. The van der Waals surface area contributed by atoms with Gasteiger partial charge in [0.2, 0.25) is 11.8 Å². The number of aryl methyl sites for hydroxylation is 3. The van der Waals surface area contributed by atoms with Crippen molar-refractivity contribution < 1.29 is 19.4 Å². The highest BCUT2D eigenvalue weighted by Crippen LogP contribution is 2.30. The quantitative estimate of drug-likeness (QED) is 0.813. The van der Waals surface area contributed by atoms with Gasteiger partial charge in [0.15, 0.2) is 5.65 Å². The molecule has 0 fully saturated rings. The predicted molar refractivity (Wildman–Crippen MR) is 92.7 cm³/mol. The predicted octanol–water partition coefficient (Wildman–Crippen LogP) is 1.46. The van der Waals surface area contributed by atoms with E-state index in [9.17, 15) is 9.59 Å². The number of carbonyl (C=O) groups is 2. The summed E-state index contributed by atoms with van der Waals surface area (Å²) in [5.74, 6) is -0.475. The van der Waals surface area contributed by atoms with E-state index in [1.54, 1.807) is 18.8 Å². The van der Waals surface area contributed by atoms with Gasteiger partial charge >= 0.3 is 5.97 Å². The molecule has 2 aromatic heterocycles. The minimum absolute atomic E-state index is 0.0549. The molecular formula is C17H24N4O4. The van der Waals surface area contributed by atoms with Crippen LogP contribution in [0.1, 0.15) is 29.7 Å². The number of carboxylic acid groups (broad SMARTS) is 1. The van der Waals surface area contributed by atoms with Crippen LogP contribution in [0.5, 0.6) is 5.88 Å². The number of hydrogen-bond acceptors (Lipinski definition) is 5. The topological polar surface area (TPSA) is 97.5 Å². The Labute approximate surface area is 146 Å². The summed E-state index contributed by atoms with van der Waals surface area (Å²) in [6.07, 6.45) is 0.781. The van der Waals surface area contributed by atoms with Crippen LogP contribution >= 0.6 is 0 Å². The molecule has 0 bridgehead atoms. The largest absolute Gasteiger partial charge is 0.481 e. The average Bonchev–Trinajstić information content (AvgIpc) is 2.88. The molecule has 8 heteroatoms. The summed E-state index contributed by atoms with van der Waals surface area (Å²) in [5, 5.41) is 13.9. The highest BCUT2D eigenvalue weighted by Gasteiger charge is 2.19. The number of carbonyl (C=O) groups excluding carboxylic acids is 1. The standard InChI is InChI=1S/C17H24N4O4/c1-10-12(6-7-13(22)20(3)9-8-14(23)24)11(2)18-16-15(10)17(25-5)19-21(16)4/h6-9H2,1-5H3,(H,23,24). The van der Waals surface area contributed by atoms with Crippen LogP contribution in [0.3, 0.4) is 0 Å². The number of pyridine rings is 1. The smallest absolute Gasteiger partial charge is 0.305 e. The molecule has 8 nitrogen and oxygen atoms in total. The summed E-state index contributed by atoms with van der Waals surface area (Å²) in [6.45, 7) is 4.11. The molecular weight excluding hydrogens is 324 g/mol. The molecule has 0 aliphatic rings. The highest BCUT2D eigenvalue weighted by molar-refractivity contribution is 5.86. The van der Waals surface area contributed by atoms with Crippen molar-refractivity contribution in [3.05, 3.63) is 16.8 Å². The van der Waals surface area contributed by atoms with Gasteiger partial charge in [-0.25, -0.2) is 9.67 Å². The van der Waals surface area contributed by atoms with E-state index >= 15 is 0 Å². The number of methoxy groups -OCH3 is 1. The fraction of sp³-hybridized carbons (Fsp3) is 0.529. The lowest BCUT2D eigenvalue weighted by molar-refractivity contribution is -0.138. The average molecular weight is 348 g/mol. The summed E-state index contributed by atoms with van der Waals surface area (Å²) < 4.78 is 7.02. The molecule has 2 aromatic rings. The number of fused-ring (bicyclic) bond motifs is 1. The zero-order chi connectivity index (χ0) is 18.7. The molecule has 0 saturated carbocycles. The first-order valence-electron chi connectivity index (χ1n) is 8.08. The minimum Gasteiger partial charge on any atom is -0.481 e. The molecule has 1 N–H and O–H groups in total. The van der Waals surface area contributed by atoms with Gasteiger partial charge in [0.1, 0.15) is 0 Å². The van der Waals surface area contributed by atoms with Gasteiger partial charge in [-0.15, -0.1) is 5.10 Å². The van der Waals surface area contributed by atoms with Crippen LogP contribution in [-0.2, 0) is 23.1 Å². The van der Waals surface area contributed by atoms with E-state index in [1.165, 1.54) is 4.90 Å². The van der Waals surface area contributed by atoms with Gasteiger partial charge in [-0.1, -0.05) is 0 Å². The molecule has 0 radical (unpaired) electrons. The van der Waals surface area contributed by atoms with Crippen molar-refractivity contribution in [2.45, 2.75) is 33.1 Å². The third-order valence-corrected chi connectivity index (χ3v) is 4.39. The third kappa shape index (κ3) is 3.89. The molecule has 0 saturated heterocycles. The minimum atomic E-state index is -0.912. The zero-order valence-corrected chi connectivity index (χ0v) is 15.3. The molecule has 0 aromatic carbocycles. The second-order valence-electron chi connectivity index (χ2n) is 6.09. The summed E-state index contributed by atoms with van der Waals surface area (Å²) in [7, 11) is 5.01. The van der Waals surface area contributed by atoms with Gasteiger partial charge in [-0.05, 0) is 31.4 Å². The molecule has 1 amide bonds. The van der Waals surface area contributed by atoms with Crippen molar-refractivity contribution in [3.63, 3.8) is 0 Å². The zero-order valence-electron chi connectivity index (χ0n) is 15.3. The first kappa shape index (κ1) is 18.7. The lowest BCUT2D eigenvalue weighted by atomic mass is 10.00. The monoisotopic (exact) mass is 348 g/mol. The molecule has 2 heterocycles. The summed E-state index contributed by atoms with van der Waals surface area (Å²) in [5.41, 5.74) is 3.62. The number of ether oxygens (including phenoxy) is 1. The Morgan fingerprint density at radius 3 is 2.56 bits per heavy atom. The van der Waals surface area contributed by atoms with Crippen molar-refractivity contribution in [1.82, 2.24) is 19.7 Å². The van der Waals surface area contributed by atoms with E-state index in [4.69, 9.17) is 9.84 Å². The van der Waals surface area contributed by atoms with E-state index < -0.39 is 5.97 Å². The Hall–Kier alpha value is -2.64. The number of carboxylic acids is 1. The highest BCUT2D eigenvalue weighted by atomic mass is 16.5. The second kappa shape index (κ2) is 7.50. The lowest BCUT2D eigenvalue weighted by Crippen LogP contribution is -2.29. The normalized spacial score (nSPS) is 10.9. The third-order valence-electron chi connectivity index (χ3n) is 4.39. The first-order chi connectivity index (χ1) is 11.8. The number of hydrogen-bond donors (Lipinski definition) is 1. The summed E-state index contributed by atoms with van der Waals surface area (Å²) >= 11 is 0. The molecule has 2 rings (SSSR count). The van der Waals surface area contributed by atoms with Crippen molar-refractivity contribution in [2.24, 2.45) is 7.05 Å². The van der Waals surface area contributed by atoms with Crippen LogP contribution < -0.4 is 4.74 Å². The Morgan fingerprint density at radius 1 is 1.28 bits per heavy atom. The van der Waals surface area contributed by atoms with E-state index in [0.717, 1.165) is 27.9 Å². The first-order valence-corrected chi connectivity index (χ1v) is 8.08. The van der Waals surface area contributed by atoms with E-state index in [-0.39, 0.29) is 18.9 Å². The van der Waals surface area contributed by atoms with E-state index in [1.807, 2.05) is 20.9 Å². The van der Waals surface area contributed by atoms with Crippen LogP contribution in [0.25, 0.3) is 11.0 Å². The van der Waals surface area contributed by atoms with Crippen molar-refractivity contribution >= 4 is 22.9 Å². The van der Waals surface area contributed by atoms with Gasteiger partial charge in [-0.2, -0.15) is 0 Å². The Bertz CT molecular complexity index is 813. The fourth-order valence-electron chi connectivity index (χ4n) is 2.92. The maximum Gasteiger partial charge on any atom is 0.305 e. The van der Waals surface area contributed by atoms with Crippen LogP contribution in [0.4, 0.5) is 0 Å². The number of aliphatic carboxylic acids is 1. The van der Waals surface area contributed by atoms with Crippen LogP contribution in [0.2, 0.25) is 0 Å². The summed E-state index contributed by atoms with van der Waals surface area (Å²) in [6, 6.07) is 0. The number of aromatic nitrogens is 3. The van der Waals surface area contributed by atoms with Gasteiger partial charge < -0.3 is 14.7 Å². The van der Waals surface area contributed by atoms with Crippen LogP contribution in [-0.4, -0.2) is 57.3 Å².